The zero-order chi connectivity index (χ0) is 10.2. The fourth-order valence-electron chi connectivity index (χ4n) is 2.38. The molecule has 0 amide bonds. The number of nitrogens with zero attached hydrogens (tertiary/aromatic N) is 2. The third kappa shape index (κ3) is 2.47. The maximum atomic E-state index is 6.17. The van der Waals surface area contributed by atoms with E-state index in [1.165, 1.54) is 38.9 Å². The Labute approximate surface area is 87.2 Å². The largest absolute Gasteiger partial charge is 0.324 e. The zero-order valence-electron chi connectivity index (χ0n) is 9.50. The van der Waals surface area contributed by atoms with E-state index in [9.17, 15) is 0 Å². The molecule has 14 heavy (non-hydrogen) atoms. The van der Waals surface area contributed by atoms with Gasteiger partial charge in [-0.3, -0.25) is 4.90 Å². The van der Waals surface area contributed by atoms with Crippen LogP contribution in [0.4, 0.5) is 0 Å². The van der Waals surface area contributed by atoms with E-state index in [-0.39, 0.29) is 5.54 Å². The van der Waals surface area contributed by atoms with Gasteiger partial charge in [0.2, 0.25) is 0 Å². The maximum absolute atomic E-state index is 6.17. The Hall–Kier alpha value is -0.120. The van der Waals surface area contributed by atoms with Crippen molar-refractivity contribution in [2.75, 3.05) is 33.2 Å². The molecule has 1 unspecified atom stereocenters. The molecule has 1 heterocycles. The standard InChI is InChI=1S/C11H23N3/c1-10-8-13(2)6-3-7-14(10)9-11(12)4-5-11/h10H,3-9,12H2,1-2H3. The van der Waals surface area contributed by atoms with Crippen molar-refractivity contribution in [3.05, 3.63) is 0 Å². The highest BCUT2D eigenvalue weighted by molar-refractivity contribution is 5.02. The van der Waals surface area contributed by atoms with E-state index in [1.807, 2.05) is 0 Å². The van der Waals surface area contributed by atoms with Gasteiger partial charge in [-0.05, 0) is 46.3 Å². The van der Waals surface area contributed by atoms with Gasteiger partial charge in [-0.1, -0.05) is 0 Å². The minimum Gasteiger partial charge on any atom is -0.324 e. The second kappa shape index (κ2) is 3.80. The molecular weight excluding hydrogens is 174 g/mol. The number of hydrogen-bond donors (Lipinski definition) is 1. The molecule has 2 N–H and O–H groups in total. The Morgan fingerprint density at radius 2 is 2.07 bits per heavy atom. The van der Waals surface area contributed by atoms with Crippen molar-refractivity contribution < 1.29 is 0 Å². The molecule has 3 heteroatoms. The number of nitrogens with two attached hydrogens (primary N) is 1. The summed E-state index contributed by atoms with van der Waals surface area (Å²) in [6.07, 6.45) is 3.75. The molecule has 0 aromatic heterocycles. The summed E-state index contributed by atoms with van der Waals surface area (Å²) in [5.41, 5.74) is 6.35. The van der Waals surface area contributed by atoms with Gasteiger partial charge in [0.05, 0.1) is 0 Å². The van der Waals surface area contributed by atoms with Gasteiger partial charge in [-0.2, -0.15) is 0 Å². The lowest BCUT2D eigenvalue weighted by Crippen LogP contribution is -2.45. The summed E-state index contributed by atoms with van der Waals surface area (Å²) in [6, 6.07) is 0.670. The van der Waals surface area contributed by atoms with Crippen molar-refractivity contribution in [1.29, 1.82) is 0 Å². The smallest absolute Gasteiger partial charge is 0.0284 e. The molecular formula is C11H23N3. The maximum Gasteiger partial charge on any atom is 0.0284 e. The highest BCUT2D eigenvalue weighted by atomic mass is 15.2. The lowest BCUT2D eigenvalue weighted by molar-refractivity contribution is 0.187. The van der Waals surface area contributed by atoms with Crippen LogP contribution in [0.1, 0.15) is 26.2 Å². The predicted octanol–water partition coefficient (Wildman–Crippen LogP) is 0.504. The molecule has 1 aliphatic heterocycles. The minimum absolute atomic E-state index is 0.178. The third-order valence-electron chi connectivity index (χ3n) is 3.59. The van der Waals surface area contributed by atoms with Crippen LogP contribution in [0.3, 0.4) is 0 Å². The first-order valence-electron chi connectivity index (χ1n) is 5.81. The average Bonchev–Trinajstić information content (AvgIpc) is 2.82. The molecule has 0 aromatic carbocycles. The van der Waals surface area contributed by atoms with Crippen molar-refractivity contribution in [2.24, 2.45) is 5.73 Å². The van der Waals surface area contributed by atoms with Gasteiger partial charge < -0.3 is 10.6 Å². The SMILES string of the molecule is CC1CN(C)CCCN1CC1(N)CC1. The fourth-order valence-corrected chi connectivity index (χ4v) is 2.38. The predicted molar refractivity (Wildman–Crippen MR) is 59.3 cm³/mol. The third-order valence-corrected chi connectivity index (χ3v) is 3.59. The quantitative estimate of drug-likeness (QED) is 0.700. The van der Waals surface area contributed by atoms with E-state index in [0.717, 1.165) is 6.54 Å². The van der Waals surface area contributed by atoms with E-state index < -0.39 is 0 Å². The van der Waals surface area contributed by atoms with Crippen molar-refractivity contribution in [1.82, 2.24) is 9.80 Å². The van der Waals surface area contributed by atoms with E-state index in [1.54, 1.807) is 0 Å². The summed E-state index contributed by atoms with van der Waals surface area (Å²) in [6.45, 7) is 7.09. The Balaban J connectivity index is 1.89. The fraction of sp³-hybridized carbons (Fsp3) is 1.00. The van der Waals surface area contributed by atoms with E-state index >= 15 is 0 Å². The van der Waals surface area contributed by atoms with Gasteiger partial charge >= 0.3 is 0 Å². The highest BCUT2D eigenvalue weighted by Gasteiger charge is 2.40. The van der Waals surface area contributed by atoms with Crippen LogP contribution in [-0.2, 0) is 0 Å². The van der Waals surface area contributed by atoms with Gasteiger partial charge in [-0.25, -0.2) is 0 Å². The van der Waals surface area contributed by atoms with Crippen LogP contribution in [0.15, 0.2) is 0 Å². The molecule has 2 aliphatic rings. The monoisotopic (exact) mass is 197 g/mol. The summed E-state index contributed by atoms with van der Waals surface area (Å²) in [7, 11) is 2.22. The van der Waals surface area contributed by atoms with Gasteiger partial charge in [-0.15, -0.1) is 0 Å². The lowest BCUT2D eigenvalue weighted by Gasteiger charge is -2.30. The van der Waals surface area contributed by atoms with E-state index in [2.05, 4.69) is 23.8 Å². The molecule has 1 atom stereocenters. The Morgan fingerprint density at radius 1 is 1.36 bits per heavy atom. The lowest BCUT2D eigenvalue weighted by atomic mass is 10.2. The molecule has 0 bridgehead atoms. The topological polar surface area (TPSA) is 32.5 Å². The van der Waals surface area contributed by atoms with E-state index in [0.29, 0.717) is 6.04 Å². The first kappa shape index (κ1) is 10.4. The summed E-state index contributed by atoms with van der Waals surface area (Å²) in [5.74, 6) is 0. The van der Waals surface area contributed by atoms with Crippen LogP contribution in [0.2, 0.25) is 0 Å². The number of likely N-dealkylation sites (N-methyl/N-ethyl adjacent to an activating group) is 1. The minimum atomic E-state index is 0.178. The molecule has 2 rings (SSSR count). The van der Waals surface area contributed by atoms with Gasteiger partial charge in [0.15, 0.2) is 0 Å². The molecule has 0 aromatic rings. The molecule has 82 valence electrons. The second-order valence-corrected chi connectivity index (χ2v) is 5.30. The van der Waals surface area contributed by atoms with Crippen LogP contribution in [-0.4, -0.2) is 54.6 Å². The highest BCUT2D eigenvalue weighted by Crippen LogP contribution is 2.33. The van der Waals surface area contributed by atoms with Gasteiger partial charge in [0.25, 0.3) is 0 Å². The van der Waals surface area contributed by atoms with Crippen LogP contribution in [0.5, 0.6) is 0 Å². The van der Waals surface area contributed by atoms with Crippen molar-refractivity contribution >= 4 is 0 Å². The first-order chi connectivity index (χ1) is 6.59. The number of rotatable bonds is 2. The summed E-state index contributed by atoms with van der Waals surface area (Å²) in [4.78, 5) is 5.01. The molecule has 3 nitrogen and oxygen atoms in total. The second-order valence-electron chi connectivity index (χ2n) is 5.30. The normalized spacial score (nSPS) is 34.1. The molecule has 1 saturated heterocycles. The summed E-state index contributed by atoms with van der Waals surface area (Å²) < 4.78 is 0. The van der Waals surface area contributed by atoms with E-state index in [4.69, 9.17) is 5.73 Å². The van der Waals surface area contributed by atoms with Crippen LogP contribution < -0.4 is 5.73 Å². The van der Waals surface area contributed by atoms with Gasteiger partial charge in [0, 0.05) is 24.7 Å². The molecule has 0 spiro atoms. The van der Waals surface area contributed by atoms with Crippen LogP contribution in [0.25, 0.3) is 0 Å². The number of hydrogen-bond acceptors (Lipinski definition) is 3. The first-order valence-corrected chi connectivity index (χ1v) is 5.81. The summed E-state index contributed by atoms with van der Waals surface area (Å²) >= 11 is 0. The Kier molecular flexibility index (Phi) is 2.82. The van der Waals surface area contributed by atoms with Crippen molar-refractivity contribution in [2.45, 2.75) is 37.8 Å². The van der Waals surface area contributed by atoms with Crippen molar-refractivity contribution in [3.63, 3.8) is 0 Å². The molecule has 1 saturated carbocycles. The molecule has 1 aliphatic carbocycles. The Bertz CT molecular complexity index is 201. The molecule has 0 radical (unpaired) electrons. The van der Waals surface area contributed by atoms with Crippen LogP contribution in [0, 0.1) is 0 Å². The average molecular weight is 197 g/mol. The van der Waals surface area contributed by atoms with Crippen LogP contribution >= 0.6 is 0 Å². The molecule has 2 fully saturated rings. The Morgan fingerprint density at radius 3 is 2.71 bits per heavy atom. The summed E-state index contributed by atoms with van der Waals surface area (Å²) in [5, 5.41) is 0. The van der Waals surface area contributed by atoms with Gasteiger partial charge in [0.1, 0.15) is 0 Å². The van der Waals surface area contributed by atoms with Crippen molar-refractivity contribution in [3.8, 4) is 0 Å². The zero-order valence-corrected chi connectivity index (χ0v) is 9.50.